The van der Waals surface area contributed by atoms with Crippen molar-refractivity contribution in [3.8, 4) is 5.75 Å². The first-order chi connectivity index (χ1) is 9.20. The SMILES string of the molecule is COc1ccccc1CC(C)NC(C)c1ccco1. The van der Waals surface area contributed by atoms with Gasteiger partial charge in [0.05, 0.1) is 19.4 Å². The summed E-state index contributed by atoms with van der Waals surface area (Å²) in [6.07, 6.45) is 2.63. The van der Waals surface area contributed by atoms with Gasteiger partial charge < -0.3 is 14.5 Å². The van der Waals surface area contributed by atoms with Gasteiger partial charge in [0.1, 0.15) is 11.5 Å². The van der Waals surface area contributed by atoms with Crippen LogP contribution in [0, 0.1) is 0 Å². The monoisotopic (exact) mass is 259 g/mol. The van der Waals surface area contributed by atoms with Gasteiger partial charge in [-0.05, 0) is 44.0 Å². The molecule has 2 rings (SSSR count). The third kappa shape index (κ3) is 3.61. The fourth-order valence-electron chi connectivity index (χ4n) is 2.31. The number of nitrogens with one attached hydrogen (secondary N) is 1. The van der Waals surface area contributed by atoms with Crippen LogP contribution in [0.1, 0.15) is 31.2 Å². The standard InChI is InChI=1S/C16H21NO2/c1-12(17-13(2)15-9-6-10-19-15)11-14-7-4-5-8-16(14)18-3/h4-10,12-13,17H,11H2,1-3H3. The number of rotatable bonds is 6. The van der Waals surface area contributed by atoms with E-state index >= 15 is 0 Å². The molecular formula is C16H21NO2. The minimum atomic E-state index is 0.208. The maximum Gasteiger partial charge on any atom is 0.122 e. The molecule has 1 aromatic heterocycles. The minimum Gasteiger partial charge on any atom is -0.496 e. The molecule has 3 nitrogen and oxygen atoms in total. The molecule has 2 atom stereocenters. The average molecular weight is 259 g/mol. The Hall–Kier alpha value is -1.74. The summed E-state index contributed by atoms with van der Waals surface area (Å²) in [5.41, 5.74) is 1.22. The molecule has 0 amide bonds. The van der Waals surface area contributed by atoms with Crippen molar-refractivity contribution in [2.45, 2.75) is 32.4 Å². The summed E-state index contributed by atoms with van der Waals surface area (Å²) in [7, 11) is 1.71. The second kappa shape index (κ2) is 6.43. The number of hydrogen-bond acceptors (Lipinski definition) is 3. The summed E-state index contributed by atoms with van der Waals surface area (Å²) in [6, 6.07) is 12.6. The Morgan fingerprint density at radius 3 is 2.63 bits per heavy atom. The maximum absolute atomic E-state index is 5.40. The first-order valence-corrected chi connectivity index (χ1v) is 6.62. The van der Waals surface area contributed by atoms with E-state index in [4.69, 9.17) is 9.15 Å². The molecule has 2 unspecified atom stereocenters. The lowest BCUT2D eigenvalue weighted by molar-refractivity contribution is 0.386. The van der Waals surface area contributed by atoms with Crippen molar-refractivity contribution >= 4 is 0 Å². The van der Waals surface area contributed by atoms with E-state index in [-0.39, 0.29) is 6.04 Å². The van der Waals surface area contributed by atoms with Gasteiger partial charge in [-0.1, -0.05) is 18.2 Å². The quantitative estimate of drug-likeness (QED) is 0.861. The Kier molecular flexibility index (Phi) is 4.63. The van der Waals surface area contributed by atoms with Crippen molar-refractivity contribution in [1.29, 1.82) is 0 Å². The molecular weight excluding hydrogens is 238 g/mol. The summed E-state index contributed by atoms with van der Waals surface area (Å²) in [4.78, 5) is 0. The van der Waals surface area contributed by atoms with Crippen molar-refractivity contribution < 1.29 is 9.15 Å². The van der Waals surface area contributed by atoms with Gasteiger partial charge >= 0.3 is 0 Å². The van der Waals surface area contributed by atoms with Crippen molar-refractivity contribution in [3.05, 3.63) is 54.0 Å². The Morgan fingerprint density at radius 2 is 1.95 bits per heavy atom. The highest BCUT2D eigenvalue weighted by molar-refractivity contribution is 5.33. The van der Waals surface area contributed by atoms with E-state index in [0.717, 1.165) is 17.9 Å². The van der Waals surface area contributed by atoms with Crippen molar-refractivity contribution in [3.63, 3.8) is 0 Å². The van der Waals surface area contributed by atoms with Gasteiger partial charge in [-0.15, -0.1) is 0 Å². The number of benzene rings is 1. The zero-order valence-corrected chi connectivity index (χ0v) is 11.7. The summed E-state index contributed by atoms with van der Waals surface area (Å²) < 4.78 is 10.8. The predicted octanol–water partition coefficient (Wildman–Crippen LogP) is 3.57. The summed E-state index contributed by atoms with van der Waals surface area (Å²) in [6.45, 7) is 4.28. The van der Waals surface area contributed by atoms with Crippen LogP contribution in [0.15, 0.2) is 47.1 Å². The minimum absolute atomic E-state index is 0.208. The van der Waals surface area contributed by atoms with Crippen LogP contribution in [0.4, 0.5) is 0 Å². The van der Waals surface area contributed by atoms with E-state index in [2.05, 4.69) is 25.2 Å². The fourth-order valence-corrected chi connectivity index (χ4v) is 2.31. The first kappa shape index (κ1) is 13.7. The largest absolute Gasteiger partial charge is 0.496 e. The first-order valence-electron chi connectivity index (χ1n) is 6.62. The molecule has 0 radical (unpaired) electrons. The van der Waals surface area contributed by atoms with Crippen LogP contribution in [-0.4, -0.2) is 13.2 Å². The van der Waals surface area contributed by atoms with Gasteiger partial charge in [-0.2, -0.15) is 0 Å². The zero-order chi connectivity index (χ0) is 13.7. The predicted molar refractivity (Wildman–Crippen MR) is 76.4 cm³/mol. The lowest BCUT2D eigenvalue weighted by Crippen LogP contribution is -2.30. The molecule has 0 aliphatic heterocycles. The lowest BCUT2D eigenvalue weighted by atomic mass is 10.1. The lowest BCUT2D eigenvalue weighted by Gasteiger charge is -2.19. The highest BCUT2D eigenvalue weighted by Gasteiger charge is 2.13. The van der Waals surface area contributed by atoms with Gasteiger partial charge in [-0.25, -0.2) is 0 Å². The smallest absolute Gasteiger partial charge is 0.122 e. The molecule has 3 heteroatoms. The maximum atomic E-state index is 5.40. The highest BCUT2D eigenvalue weighted by atomic mass is 16.5. The van der Waals surface area contributed by atoms with Gasteiger partial charge in [0.15, 0.2) is 0 Å². The Balaban J connectivity index is 1.95. The topological polar surface area (TPSA) is 34.4 Å². The molecule has 0 saturated heterocycles. The Bertz CT molecular complexity index is 493. The van der Waals surface area contributed by atoms with Crippen LogP contribution in [0.3, 0.4) is 0 Å². The van der Waals surface area contributed by atoms with Crippen LogP contribution in [0.5, 0.6) is 5.75 Å². The molecule has 102 valence electrons. The van der Waals surface area contributed by atoms with Gasteiger partial charge in [0.2, 0.25) is 0 Å². The number of hydrogen-bond donors (Lipinski definition) is 1. The summed E-state index contributed by atoms with van der Waals surface area (Å²) in [5.74, 6) is 1.91. The van der Waals surface area contributed by atoms with Gasteiger partial charge in [-0.3, -0.25) is 0 Å². The van der Waals surface area contributed by atoms with Crippen LogP contribution in [0.25, 0.3) is 0 Å². The second-order valence-electron chi connectivity index (χ2n) is 4.82. The molecule has 0 aliphatic carbocycles. The van der Waals surface area contributed by atoms with E-state index < -0.39 is 0 Å². The average Bonchev–Trinajstić information content (AvgIpc) is 2.93. The van der Waals surface area contributed by atoms with E-state index in [9.17, 15) is 0 Å². The highest BCUT2D eigenvalue weighted by Crippen LogP contribution is 2.20. The summed E-state index contributed by atoms with van der Waals surface area (Å²) >= 11 is 0. The Labute approximate surface area is 114 Å². The van der Waals surface area contributed by atoms with E-state index in [1.807, 2.05) is 30.3 Å². The van der Waals surface area contributed by atoms with Crippen molar-refractivity contribution in [2.75, 3.05) is 7.11 Å². The zero-order valence-electron chi connectivity index (χ0n) is 11.7. The van der Waals surface area contributed by atoms with E-state index in [1.165, 1.54) is 5.56 Å². The van der Waals surface area contributed by atoms with Gasteiger partial charge in [0.25, 0.3) is 0 Å². The van der Waals surface area contributed by atoms with Crippen LogP contribution < -0.4 is 10.1 Å². The van der Waals surface area contributed by atoms with Crippen molar-refractivity contribution in [1.82, 2.24) is 5.32 Å². The van der Waals surface area contributed by atoms with E-state index in [1.54, 1.807) is 13.4 Å². The third-order valence-electron chi connectivity index (χ3n) is 3.22. The molecule has 2 aromatic rings. The van der Waals surface area contributed by atoms with E-state index in [0.29, 0.717) is 6.04 Å². The molecule has 19 heavy (non-hydrogen) atoms. The Morgan fingerprint density at radius 1 is 1.16 bits per heavy atom. The molecule has 0 aliphatic rings. The molecule has 0 fully saturated rings. The fraction of sp³-hybridized carbons (Fsp3) is 0.375. The molecule has 0 bridgehead atoms. The van der Waals surface area contributed by atoms with Crippen LogP contribution in [-0.2, 0) is 6.42 Å². The number of furan rings is 1. The molecule has 1 heterocycles. The molecule has 0 spiro atoms. The van der Waals surface area contributed by atoms with Gasteiger partial charge in [0, 0.05) is 6.04 Å². The summed E-state index contributed by atoms with van der Waals surface area (Å²) in [5, 5.41) is 3.53. The van der Waals surface area contributed by atoms with Crippen LogP contribution >= 0.6 is 0 Å². The third-order valence-corrected chi connectivity index (χ3v) is 3.22. The van der Waals surface area contributed by atoms with Crippen molar-refractivity contribution in [2.24, 2.45) is 0 Å². The van der Waals surface area contributed by atoms with Crippen LogP contribution in [0.2, 0.25) is 0 Å². The number of para-hydroxylation sites is 1. The second-order valence-corrected chi connectivity index (χ2v) is 4.82. The molecule has 1 aromatic carbocycles. The normalized spacial score (nSPS) is 14.1. The molecule has 0 saturated carbocycles. The number of ether oxygens (including phenoxy) is 1. The molecule has 1 N–H and O–H groups in total. The number of methoxy groups -OCH3 is 1.